The molecule has 0 saturated carbocycles. The van der Waals surface area contributed by atoms with Crippen molar-refractivity contribution in [1.29, 1.82) is 0 Å². The molecule has 1 aliphatic rings. The van der Waals surface area contributed by atoms with Crippen LogP contribution in [0, 0.1) is 6.92 Å². The van der Waals surface area contributed by atoms with Crippen molar-refractivity contribution in [3.8, 4) is 23.0 Å². The molecule has 8 heteroatoms. The van der Waals surface area contributed by atoms with Crippen LogP contribution in [0.5, 0.6) is 23.0 Å². The Hall–Kier alpha value is -1.36. The van der Waals surface area contributed by atoms with E-state index in [1.807, 2.05) is 11.8 Å². The van der Waals surface area contributed by atoms with Crippen molar-refractivity contribution in [2.24, 2.45) is 0 Å². The van der Waals surface area contributed by atoms with Crippen molar-refractivity contribution in [2.45, 2.75) is 231 Å². The molecule has 2 aromatic rings. The molecule has 2 aromatic carbocycles. The zero-order chi connectivity index (χ0) is 42.2. The number of hydrogen-bond acceptors (Lipinski definition) is 5. The number of rotatable bonds is 21. The molecule has 1 aliphatic heterocycles. The zero-order valence-corrected chi connectivity index (χ0v) is 43.4. The van der Waals surface area contributed by atoms with Crippen molar-refractivity contribution in [2.75, 3.05) is 5.75 Å². The Kier molecular flexibility index (Phi) is 17.7. The van der Waals surface area contributed by atoms with E-state index < -0.39 is 25.0 Å². The van der Waals surface area contributed by atoms with Crippen LogP contribution in [0.25, 0.3) is 0 Å². The summed E-state index contributed by atoms with van der Waals surface area (Å²) >= 11 is 1.97. The fourth-order valence-corrected chi connectivity index (χ4v) is 10.7. The highest BCUT2D eigenvalue weighted by atomic mass is 32.2. The Morgan fingerprint density at radius 3 is 1.48 bits per heavy atom. The standard InChI is InChI=1S/C48H86O4SSi3/c1-18-19-20-21-22-23-24-25-26-27-28-29-30-31-39-35-41(51-55(14,15)47(6,7)8)37(2)44-45(39)53-36-43(49-44)38-32-33-40(50-54(12,13)46(3,4)5)42(34-38)52-56(16,17)48(9,10)11/h32-35,43H,18-31,36H2,1-17H3. The number of ether oxygens (including phenoxy) is 1. The summed E-state index contributed by atoms with van der Waals surface area (Å²) in [7, 11) is -6.32. The highest BCUT2D eigenvalue weighted by molar-refractivity contribution is 7.99. The van der Waals surface area contributed by atoms with Gasteiger partial charge in [0.05, 0.1) is 4.90 Å². The Balaban J connectivity index is 1.86. The molecule has 0 amide bonds. The molecule has 0 fully saturated rings. The van der Waals surface area contributed by atoms with Gasteiger partial charge in [-0.05, 0) is 103 Å². The lowest BCUT2D eigenvalue weighted by atomic mass is 10.0. The third kappa shape index (κ3) is 13.6. The molecule has 3 rings (SSSR count). The second kappa shape index (κ2) is 20.3. The average molecular weight is 844 g/mol. The minimum absolute atomic E-state index is 0.0642. The van der Waals surface area contributed by atoms with Crippen molar-refractivity contribution >= 4 is 36.7 Å². The Bertz CT molecular complexity index is 1530. The summed E-state index contributed by atoms with van der Waals surface area (Å²) in [6, 6.07) is 8.99. The van der Waals surface area contributed by atoms with Crippen LogP contribution in [0.2, 0.25) is 54.4 Å². The van der Waals surface area contributed by atoms with Crippen LogP contribution in [0.4, 0.5) is 0 Å². The highest BCUT2D eigenvalue weighted by Gasteiger charge is 2.43. The van der Waals surface area contributed by atoms with E-state index in [-0.39, 0.29) is 21.2 Å². The van der Waals surface area contributed by atoms with Gasteiger partial charge in [-0.3, -0.25) is 0 Å². The van der Waals surface area contributed by atoms with E-state index in [0.29, 0.717) is 0 Å². The first-order valence-electron chi connectivity index (χ1n) is 22.5. The topological polar surface area (TPSA) is 36.9 Å². The lowest BCUT2D eigenvalue weighted by molar-refractivity contribution is 0.217. The van der Waals surface area contributed by atoms with E-state index >= 15 is 0 Å². The average Bonchev–Trinajstić information content (AvgIpc) is 3.07. The molecule has 0 aromatic heterocycles. The molecule has 0 saturated heterocycles. The minimum atomic E-state index is -2.15. The number of thioether (sulfide) groups is 1. The fraction of sp³-hybridized carbons (Fsp3) is 0.750. The molecule has 1 atom stereocenters. The molecule has 4 nitrogen and oxygen atoms in total. The van der Waals surface area contributed by atoms with Crippen molar-refractivity contribution in [3.63, 3.8) is 0 Å². The fourth-order valence-electron chi connectivity index (χ4n) is 6.36. The summed E-state index contributed by atoms with van der Waals surface area (Å²) in [6.45, 7) is 39.3. The van der Waals surface area contributed by atoms with Gasteiger partial charge in [-0.2, -0.15) is 0 Å². The van der Waals surface area contributed by atoms with Crippen molar-refractivity contribution in [3.05, 3.63) is 41.0 Å². The van der Waals surface area contributed by atoms with Gasteiger partial charge in [0.2, 0.25) is 8.32 Å². The van der Waals surface area contributed by atoms with Crippen LogP contribution >= 0.6 is 11.8 Å². The van der Waals surface area contributed by atoms with E-state index in [4.69, 9.17) is 18.0 Å². The van der Waals surface area contributed by atoms with Gasteiger partial charge in [-0.1, -0.05) is 152 Å². The molecule has 320 valence electrons. The maximum Gasteiger partial charge on any atom is 0.250 e. The maximum absolute atomic E-state index is 7.13. The van der Waals surface area contributed by atoms with Gasteiger partial charge in [0.15, 0.2) is 0 Å². The van der Waals surface area contributed by atoms with Crippen molar-refractivity contribution in [1.82, 2.24) is 0 Å². The van der Waals surface area contributed by atoms with E-state index in [9.17, 15) is 0 Å². The van der Waals surface area contributed by atoms with Crippen molar-refractivity contribution < 1.29 is 18.0 Å². The molecule has 0 aliphatic carbocycles. The van der Waals surface area contributed by atoms with Gasteiger partial charge in [-0.15, -0.1) is 11.8 Å². The first-order chi connectivity index (χ1) is 25.8. The van der Waals surface area contributed by atoms with E-state index in [0.717, 1.165) is 46.3 Å². The summed E-state index contributed by atoms with van der Waals surface area (Å²) in [5.41, 5.74) is 3.67. The van der Waals surface area contributed by atoms with Crippen LogP contribution < -0.4 is 18.0 Å². The van der Waals surface area contributed by atoms with Crippen LogP contribution in [0.3, 0.4) is 0 Å². The summed E-state index contributed by atoms with van der Waals surface area (Å²) in [5.74, 6) is 4.63. The van der Waals surface area contributed by atoms with Crippen LogP contribution in [-0.2, 0) is 6.42 Å². The molecule has 0 spiro atoms. The lowest BCUT2D eigenvalue weighted by Gasteiger charge is -2.40. The summed E-state index contributed by atoms with van der Waals surface area (Å²) in [6.07, 6.45) is 18.8. The third-order valence-corrected chi connectivity index (χ3v) is 27.8. The van der Waals surface area contributed by atoms with Gasteiger partial charge >= 0.3 is 0 Å². The molecule has 56 heavy (non-hydrogen) atoms. The summed E-state index contributed by atoms with van der Waals surface area (Å²) in [5, 5.41) is 0.255. The lowest BCUT2D eigenvalue weighted by Crippen LogP contribution is -2.45. The first-order valence-corrected chi connectivity index (χ1v) is 32.2. The predicted molar refractivity (Wildman–Crippen MR) is 255 cm³/mol. The van der Waals surface area contributed by atoms with Gasteiger partial charge in [0, 0.05) is 11.3 Å². The van der Waals surface area contributed by atoms with E-state index in [1.165, 1.54) is 93.9 Å². The molecular formula is C48H86O4SSi3. The quantitative estimate of drug-likeness (QED) is 0.0924. The Morgan fingerprint density at radius 1 is 0.589 bits per heavy atom. The minimum Gasteiger partial charge on any atom is -0.543 e. The second-order valence-electron chi connectivity index (χ2n) is 21.5. The number of fused-ring (bicyclic) bond motifs is 1. The maximum atomic E-state index is 7.13. The van der Waals surface area contributed by atoms with Gasteiger partial charge < -0.3 is 18.0 Å². The van der Waals surface area contributed by atoms with Crippen LogP contribution in [0.15, 0.2) is 29.2 Å². The van der Waals surface area contributed by atoms with Gasteiger partial charge in [0.25, 0.3) is 16.6 Å². The monoisotopic (exact) mass is 843 g/mol. The number of benzene rings is 2. The Morgan fingerprint density at radius 2 is 1.02 bits per heavy atom. The van der Waals surface area contributed by atoms with Crippen LogP contribution in [-0.4, -0.2) is 30.7 Å². The second-order valence-corrected chi connectivity index (χ2v) is 36.7. The molecule has 0 radical (unpaired) electrons. The largest absolute Gasteiger partial charge is 0.543 e. The van der Waals surface area contributed by atoms with E-state index in [1.54, 1.807) is 0 Å². The molecular weight excluding hydrogens is 757 g/mol. The molecule has 0 bridgehead atoms. The summed E-state index contributed by atoms with van der Waals surface area (Å²) < 4.78 is 28.2. The molecule has 1 unspecified atom stereocenters. The normalized spacial score (nSPS) is 15.7. The highest BCUT2D eigenvalue weighted by Crippen LogP contribution is 2.51. The van der Waals surface area contributed by atoms with Gasteiger partial charge in [0.1, 0.15) is 29.1 Å². The number of aryl methyl sites for hydroxylation is 1. The smallest absolute Gasteiger partial charge is 0.250 e. The van der Waals surface area contributed by atoms with E-state index in [2.05, 4.69) is 140 Å². The molecule has 0 N–H and O–H groups in total. The zero-order valence-electron chi connectivity index (χ0n) is 39.5. The predicted octanol–water partition coefficient (Wildman–Crippen LogP) is 17.0. The Labute approximate surface area is 354 Å². The van der Waals surface area contributed by atoms with Gasteiger partial charge in [-0.25, -0.2) is 0 Å². The first kappa shape index (κ1) is 49.0. The van der Waals surface area contributed by atoms with Crippen LogP contribution in [0.1, 0.15) is 176 Å². The number of hydrogen-bond donors (Lipinski definition) is 0. The number of unbranched alkanes of at least 4 members (excludes halogenated alkanes) is 12. The summed E-state index contributed by atoms with van der Waals surface area (Å²) in [4.78, 5) is 1.32. The SMILES string of the molecule is CCCCCCCCCCCCCCCc1cc(O[Si](C)(C)C(C)(C)C)c(C)c2c1SCC(c1ccc(O[Si](C)(C)C(C)(C)C)c(O[Si](C)(C)C(C)(C)C)c1)O2. The third-order valence-electron chi connectivity index (χ3n) is 13.6. The molecule has 1 heterocycles.